The zero-order valence-corrected chi connectivity index (χ0v) is 15.4. The van der Waals surface area contributed by atoms with E-state index in [1.165, 1.54) is 46.5 Å². The molecule has 0 heterocycles. The van der Waals surface area contributed by atoms with Crippen molar-refractivity contribution in [1.29, 1.82) is 0 Å². The largest absolute Gasteiger partial charge is 0.461 e. The van der Waals surface area contributed by atoms with Crippen LogP contribution < -0.4 is 0 Å². The van der Waals surface area contributed by atoms with E-state index in [0.717, 1.165) is 0 Å². The second kappa shape index (κ2) is 5.54. The van der Waals surface area contributed by atoms with E-state index in [2.05, 4.69) is 48.5 Å². The number of benzene rings is 3. The van der Waals surface area contributed by atoms with Crippen LogP contribution in [-0.2, 0) is 4.74 Å². The number of nitro groups is 1. The number of carbonyl (C=O) groups excluding carboxylic acids is 1. The highest BCUT2D eigenvalue weighted by Gasteiger charge is 2.78. The van der Waals surface area contributed by atoms with Crippen molar-refractivity contribution in [3.05, 3.63) is 111 Å². The Morgan fingerprint density at radius 1 is 0.862 bits per heavy atom. The van der Waals surface area contributed by atoms with Crippen molar-refractivity contribution in [2.45, 2.75) is 17.8 Å². The quantitative estimate of drug-likeness (QED) is 0.369. The smallest absolute Gasteiger partial charge is 0.338 e. The maximum absolute atomic E-state index is 12.6. The van der Waals surface area contributed by atoms with Crippen LogP contribution in [0.2, 0.25) is 0 Å². The summed E-state index contributed by atoms with van der Waals surface area (Å²) in [6.07, 6.45) is 0. The van der Waals surface area contributed by atoms with E-state index in [1.54, 1.807) is 0 Å². The number of ether oxygens (including phenoxy) is 1. The summed E-state index contributed by atoms with van der Waals surface area (Å²) < 4.78 is 5.79. The van der Waals surface area contributed by atoms with Crippen LogP contribution in [0, 0.1) is 15.5 Å². The molecule has 5 heteroatoms. The number of hydrogen-bond acceptors (Lipinski definition) is 4. The van der Waals surface area contributed by atoms with Crippen molar-refractivity contribution in [1.82, 2.24) is 0 Å². The van der Waals surface area contributed by atoms with Gasteiger partial charge in [-0.1, -0.05) is 48.5 Å². The fraction of sp³-hybridized carbons (Fsp3) is 0.208. The van der Waals surface area contributed by atoms with Crippen molar-refractivity contribution < 1.29 is 14.5 Å². The summed E-state index contributed by atoms with van der Waals surface area (Å²) in [5, 5.41) is 10.8. The number of nitrogens with zero attached hydrogens (tertiary/aromatic N) is 1. The van der Waals surface area contributed by atoms with Crippen LogP contribution in [0.15, 0.2) is 72.8 Å². The number of hydrogen-bond donors (Lipinski definition) is 0. The van der Waals surface area contributed by atoms with Crippen molar-refractivity contribution in [2.24, 2.45) is 5.41 Å². The van der Waals surface area contributed by atoms with Gasteiger partial charge in [-0.15, -0.1) is 0 Å². The molecule has 0 bridgehead atoms. The molecule has 0 saturated heterocycles. The molecule has 6 rings (SSSR count). The maximum atomic E-state index is 12.6. The van der Waals surface area contributed by atoms with Crippen LogP contribution in [0.1, 0.15) is 50.4 Å². The Kier molecular flexibility index (Phi) is 3.15. The molecule has 0 amide bonds. The number of rotatable bonds is 4. The van der Waals surface area contributed by atoms with Gasteiger partial charge in [0.05, 0.1) is 17.1 Å². The number of carbonyl (C=O) groups is 1. The van der Waals surface area contributed by atoms with Gasteiger partial charge >= 0.3 is 5.97 Å². The molecule has 5 nitrogen and oxygen atoms in total. The zero-order chi connectivity index (χ0) is 19.8. The lowest BCUT2D eigenvalue weighted by Gasteiger charge is -2.21. The standard InChI is InChI=1S/C24H17NO4/c26-23(14-9-11-15(12-10-14)25(27)28)29-13-24-20-16-5-1-3-7-18(16)21(24)22(24)19-8-4-2-6-17(19)20/h1-12,20-22H,13H2/t20?,21-,22-,24?/m1/s1. The molecule has 3 aromatic rings. The summed E-state index contributed by atoms with van der Waals surface area (Å²) in [6.45, 7) is 0.353. The molecule has 1 fully saturated rings. The minimum atomic E-state index is -0.479. The van der Waals surface area contributed by atoms with Crippen LogP contribution in [0.25, 0.3) is 0 Å². The average molecular weight is 383 g/mol. The third kappa shape index (κ3) is 2.02. The summed E-state index contributed by atoms with van der Waals surface area (Å²) in [5.74, 6) is 0.611. The molecule has 0 aromatic heterocycles. The van der Waals surface area contributed by atoms with E-state index in [0.29, 0.717) is 24.0 Å². The monoisotopic (exact) mass is 383 g/mol. The Hall–Kier alpha value is -3.47. The highest BCUT2D eigenvalue weighted by atomic mass is 16.6. The molecule has 3 aliphatic rings. The number of nitro benzene ring substituents is 1. The molecule has 0 radical (unpaired) electrons. The second-order valence-electron chi connectivity index (χ2n) is 8.14. The SMILES string of the molecule is O=C(OCC12C3c4ccccc4[C@@H]1[C@H]2c1ccccc13)c1ccc([N+](=O)[O-])cc1. The van der Waals surface area contributed by atoms with Gasteiger partial charge in [0.2, 0.25) is 0 Å². The molecule has 0 aliphatic heterocycles. The van der Waals surface area contributed by atoms with E-state index in [9.17, 15) is 14.9 Å². The first-order valence-corrected chi connectivity index (χ1v) is 9.72. The van der Waals surface area contributed by atoms with Gasteiger partial charge in [0.15, 0.2) is 0 Å². The van der Waals surface area contributed by atoms with Crippen LogP contribution >= 0.6 is 0 Å². The van der Waals surface area contributed by atoms with Gasteiger partial charge in [-0.3, -0.25) is 10.1 Å². The first-order valence-electron chi connectivity index (χ1n) is 9.72. The summed E-state index contributed by atoms with van der Waals surface area (Å²) in [7, 11) is 0. The average Bonchev–Trinajstić information content (AvgIpc) is 3.25. The van der Waals surface area contributed by atoms with Gasteiger partial charge in [-0.05, 0) is 34.4 Å². The topological polar surface area (TPSA) is 69.4 Å². The maximum Gasteiger partial charge on any atom is 0.338 e. The van der Waals surface area contributed by atoms with Crippen molar-refractivity contribution in [3.8, 4) is 0 Å². The van der Waals surface area contributed by atoms with Gasteiger partial charge in [0.25, 0.3) is 5.69 Å². The van der Waals surface area contributed by atoms with E-state index < -0.39 is 10.9 Å². The molecule has 142 valence electrons. The molecular formula is C24H17NO4. The van der Waals surface area contributed by atoms with Crippen LogP contribution in [-0.4, -0.2) is 17.5 Å². The molecule has 1 saturated carbocycles. The number of esters is 1. The van der Waals surface area contributed by atoms with Crippen molar-refractivity contribution >= 4 is 11.7 Å². The molecule has 0 N–H and O–H groups in total. The van der Waals surface area contributed by atoms with E-state index in [4.69, 9.17) is 4.74 Å². The molecule has 0 unspecified atom stereocenters. The van der Waals surface area contributed by atoms with Crippen molar-refractivity contribution in [3.63, 3.8) is 0 Å². The minimum absolute atomic E-state index is 0.0397. The Bertz CT molecular complexity index is 1130. The normalized spacial score (nSPS) is 27.0. The van der Waals surface area contributed by atoms with Crippen molar-refractivity contribution in [2.75, 3.05) is 6.61 Å². The molecule has 0 spiro atoms. The first kappa shape index (κ1) is 16.5. The zero-order valence-electron chi connectivity index (χ0n) is 15.4. The summed E-state index contributed by atoms with van der Waals surface area (Å²) in [6, 6.07) is 22.7. The number of non-ortho nitro benzene ring substituents is 1. The van der Waals surface area contributed by atoms with E-state index >= 15 is 0 Å². The lowest BCUT2D eigenvalue weighted by atomic mass is 9.85. The van der Waals surface area contributed by atoms with E-state index in [1.807, 2.05) is 0 Å². The fourth-order valence-electron chi connectivity index (χ4n) is 5.87. The summed E-state index contributed by atoms with van der Waals surface area (Å²) in [4.78, 5) is 23.0. The molecule has 29 heavy (non-hydrogen) atoms. The molecule has 3 aliphatic carbocycles. The fourth-order valence-corrected chi connectivity index (χ4v) is 5.87. The first-order chi connectivity index (χ1) is 14.1. The van der Waals surface area contributed by atoms with E-state index in [-0.39, 0.29) is 17.0 Å². The van der Waals surface area contributed by atoms with Crippen LogP contribution in [0.3, 0.4) is 0 Å². The van der Waals surface area contributed by atoms with Gasteiger partial charge in [-0.25, -0.2) is 4.79 Å². The predicted octanol–water partition coefficient (Wildman–Crippen LogP) is 4.78. The van der Waals surface area contributed by atoms with Crippen LogP contribution in [0.5, 0.6) is 0 Å². The highest BCUT2D eigenvalue weighted by Crippen LogP contribution is 2.85. The molecule has 2 atom stereocenters. The number of fused-ring (bicyclic) bond motifs is 7. The van der Waals surface area contributed by atoms with Crippen LogP contribution in [0.4, 0.5) is 5.69 Å². The minimum Gasteiger partial charge on any atom is -0.461 e. The third-order valence-corrected chi connectivity index (χ3v) is 6.97. The lowest BCUT2D eigenvalue weighted by molar-refractivity contribution is -0.384. The second-order valence-corrected chi connectivity index (χ2v) is 8.14. The Labute approximate surface area is 167 Å². The molecule has 3 aromatic carbocycles. The summed E-state index contributed by atoms with van der Waals surface area (Å²) >= 11 is 0. The van der Waals surface area contributed by atoms with Gasteiger partial charge in [0.1, 0.15) is 0 Å². The van der Waals surface area contributed by atoms with Gasteiger partial charge in [-0.2, -0.15) is 0 Å². The van der Waals surface area contributed by atoms with Gasteiger partial charge < -0.3 is 4.74 Å². The highest BCUT2D eigenvalue weighted by molar-refractivity contribution is 5.89. The Morgan fingerprint density at radius 3 is 1.90 bits per heavy atom. The molecular weight excluding hydrogens is 366 g/mol. The summed E-state index contributed by atoms with van der Waals surface area (Å²) in [5.41, 5.74) is 5.67. The van der Waals surface area contributed by atoms with Gasteiger partial charge in [0, 0.05) is 35.3 Å². The third-order valence-electron chi connectivity index (χ3n) is 6.97. The Morgan fingerprint density at radius 2 is 1.38 bits per heavy atom. The lowest BCUT2D eigenvalue weighted by Crippen LogP contribution is -2.20. The predicted molar refractivity (Wildman–Crippen MR) is 106 cm³/mol. The Balaban J connectivity index is 1.30.